The number of aliphatic hydroxyl groups is 1. The monoisotopic (exact) mass is 425 g/mol. The van der Waals surface area contributed by atoms with E-state index in [1.165, 1.54) is 53.4 Å². The molecule has 0 radical (unpaired) electrons. The van der Waals surface area contributed by atoms with E-state index in [0.29, 0.717) is 12.0 Å². The van der Waals surface area contributed by atoms with E-state index < -0.39 is 33.3 Å². The van der Waals surface area contributed by atoms with Gasteiger partial charge in [0.1, 0.15) is 5.76 Å². The van der Waals surface area contributed by atoms with Crippen molar-refractivity contribution in [2.75, 3.05) is 6.54 Å². The molecular weight excluding hydrogens is 406 g/mol. The smallest absolute Gasteiger partial charge is 0.295 e. The number of unbranched alkanes of at least 4 members (excludes halogenated alkanes) is 1. The number of nitrogens with zero attached hydrogens (tertiary/aromatic N) is 3. The van der Waals surface area contributed by atoms with E-state index in [1.807, 2.05) is 6.92 Å². The largest absolute Gasteiger partial charge is 0.507 e. The number of benzene rings is 2. The number of non-ortho nitro benzene ring substituents is 2. The number of nitro benzene ring substituents is 2. The fraction of sp³-hybridized carbons (Fsp3) is 0.238. The number of aliphatic hydroxyl groups excluding tert-OH is 1. The summed E-state index contributed by atoms with van der Waals surface area (Å²) in [6.45, 7) is 2.19. The summed E-state index contributed by atoms with van der Waals surface area (Å²) in [4.78, 5) is 47.5. The second-order valence-electron chi connectivity index (χ2n) is 7.00. The van der Waals surface area contributed by atoms with Crippen molar-refractivity contribution in [2.24, 2.45) is 0 Å². The van der Waals surface area contributed by atoms with Crippen molar-refractivity contribution in [3.8, 4) is 0 Å². The van der Waals surface area contributed by atoms with Gasteiger partial charge in [-0.25, -0.2) is 0 Å². The van der Waals surface area contributed by atoms with Crippen LogP contribution in [0.4, 0.5) is 11.4 Å². The summed E-state index contributed by atoms with van der Waals surface area (Å²) < 4.78 is 0. The highest BCUT2D eigenvalue weighted by Gasteiger charge is 2.45. The molecule has 1 fully saturated rings. The van der Waals surface area contributed by atoms with E-state index in [4.69, 9.17) is 0 Å². The number of ketones is 1. The van der Waals surface area contributed by atoms with Gasteiger partial charge >= 0.3 is 0 Å². The second kappa shape index (κ2) is 8.74. The SMILES string of the molecule is CCCCN1C(=O)C(=O)C(=C(O)c2ccc([N+](=O)[O-])cc2)[C@@H]1c1ccc([N+](=O)[O-])cc1. The Morgan fingerprint density at radius 2 is 1.48 bits per heavy atom. The number of carbonyl (C=O) groups excluding carboxylic acids is 2. The molecule has 0 bridgehead atoms. The van der Waals surface area contributed by atoms with Crippen molar-refractivity contribution >= 4 is 28.8 Å². The number of amides is 1. The molecule has 1 atom stereocenters. The van der Waals surface area contributed by atoms with Crippen molar-refractivity contribution in [3.63, 3.8) is 0 Å². The average molecular weight is 425 g/mol. The van der Waals surface area contributed by atoms with Crippen molar-refractivity contribution in [2.45, 2.75) is 25.8 Å². The van der Waals surface area contributed by atoms with E-state index in [1.54, 1.807) is 0 Å². The fourth-order valence-electron chi connectivity index (χ4n) is 3.46. The topological polar surface area (TPSA) is 144 Å². The fourth-order valence-corrected chi connectivity index (χ4v) is 3.46. The van der Waals surface area contributed by atoms with Gasteiger partial charge in [-0.2, -0.15) is 0 Å². The molecule has 1 amide bonds. The zero-order valence-corrected chi connectivity index (χ0v) is 16.6. The third-order valence-corrected chi connectivity index (χ3v) is 5.06. The summed E-state index contributed by atoms with van der Waals surface area (Å²) in [5.41, 5.74) is 0.0793. The van der Waals surface area contributed by atoms with Crippen LogP contribution in [0.25, 0.3) is 5.76 Å². The summed E-state index contributed by atoms with van der Waals surface area (Å²) in [7, 11) is 0. The van der Waals surface area contributed by atoms with Crippen molar-refractivity contribution in [1.29, 1.82) is 0 Å². The first-order chi connectivity index (χ1) is 14.8. The van der Waals surface area contributed by atoms with Crippen LogP contribution in [0.1, 0.15) is 36.9 Å². The number of hydrogen-bond donors (Lipinski definition) is 1. The summed E-state index contributed by atoms with van der Waals surface area (Å²) in [5.74, 6) is -2.12. The molecule has 0 saturated carbocycles. The van der Waals surface area contributed by atoms with Gasteiger partial charge in [0.15, 0.2) is 0 Å². The molecule has 1 aliphatic rings. The Kier molecular flexibility index (Phi) is 6.10. The molecular formula is C21H19N3O7. The maximum atomic E-state index is 12.8. The van der Waals surface area contributed by atoms with E-state index in [0.717, 1.165) is 6.42 Å². The number of hydrogen-bond acceptors (Lipinski definition) is 7. The summed E-state index contributed by atoms with van der Waals surface area (Å²) in [6.07, 6.45) is 1.38. The minimum absolute atomic E-state index is 0.144. The molecule has 1 heterocycles. The van der Waals surface area contributed by atoms with Gasteiger partial charge in [-0.15, -0.1) is 0 Å². The van der Waals surface area contributed by atoms with Crippen LogP contribution in [0.15, 0.2) is 54.1 Å². The molecule has 2 aromatic carbocycles. The average Bonchev–Trinajstić information content (AvgIpc) is 3.02. The Morgan fingerprint density at radius 3 is 1.97 bits per heavy atom. The summed E-state index contributed by atoms with van der Waals surface area (Å²) >= 11 is 0. The number of nitro groups is 2. The zero-order valence-electron chi connectivity index (χ0n) is 16.6. The summed E-state index contributed by atoms with van der Waals surface area (Å²) in [5, 5.41) is 32.7. The van der Waals surface area contributed by atoms with Crippen LogP contribution in [-0.4, -0.2) is 38.1 Å². The van der Waals surface area contributed by atoms with Crippen LogP contribution in [-0.2, 0) is 9.59 Å². The van der Waals surface area contributed by atoms with Gasteiger partial charge in [0.25, 0.3) is 23.1 Å². The van der Waals surface area contributed by atoms with Gasteiger partial charge in [0, 0.05) is 36.4 Å². The lowest BCUT2D eigenvalue weighted by atomic mass is 9.95. The molecule has 31 heavy (non-hydrogen) atoms. The third kappa shape index (κ3) is 4.13. The highest BCUT2D eigenvalue weighted by Crippen LogP contribution is 2.40. The predicted octanol–water partition coefficient (Wildman–Crippen LogP) is 3.72. The maximum absolute atomic E-state index is 12.8. The maximum Gasteiger partial charge on any atom is 0.295 e. The van der Waals surface area contributed by atoms with Crippen LogP contribution in [0.5, 0.6) is 0 Å². The van der Waals surface area contributed by atoms with Crippen LogP contribution < -0.4 is 0 Å². The van der Waals surface area contributed by atoms with Crippen molar-refractivity contribution < 1.29 is 24.5 Å². The lowest BCUT2D eigenvalue weighted by Gasteiger charge is -2.25. The molecule has 160 valence electrons. The van der Waals surface area contributed by atoms with Crippen molar-refractivity contribution in [3.05, 3.63) is 85.5 Å². The Morgan fingerprint density at radius 1 is 0.968 bits per heavy atom. The van der Waals surface area contributed by atoms with Crippen molar-refractivity contribution in [1.82, 2.24) is 4.90 Å². The molecule has 1 aliphatic heterocycles. The van der Waals surface area contributed by atoms with Gasteiger partial charge in [-0.3, -0.25) is 29.8 Å². The first kappa shape index (κ1) is 21.6. The molecule has 0 aliphatic carbocycles. The number of likely N-dealkylation sites (tertiary alicyclic amines) is 1. The molecule has 0 spiro atoms. The first-order valence-electron chi connectivity index (χ1n) is 9.53. The minimum Gasteiger partial charge on any atom is -0.507 e. The molecule has 1 N–H and O–H groups in total. The highest BCUT2D eigenvalue weighted by atomic mass is 16.6. The predicted molar refractivity (Wildman–Crippen MR) is 110 cm³/mol. The number of Topliss-reactive ketones (excluding diaryl/α,β-unsaturated/α-hetero) is 1. The molecule has 10 nitrogen and oxygen atoms in total. The van der Waals surface area contributed by atoms with Gasteiger partial charge in [-0.1, -0.05) is 13.3 Å². The van der Waals surface area contributed by atoms with Gasteiger partial charge in [0.2, 0.25) is 0 Å². The number of rotatable bonds is 7. The van der Waals surface area contributed by atoms with Crippen LogP contribution in [0, 0.1) is 20.2 Å². The first-order valence-corrected chi connectivity index (χ1v) is 9.53. The van der Waals surface area contributed by atoms with E-state index in [2.05, 4.69) is 0 Å². The lowest BCUT2D eigenvalue weighted by Crippen LogP contribution is -2.30. The van der Waals surface area contributed by atoms with E-state index >= 15 is 0 Å². The van der Waals surface area contributed by atoms with Crippen LogP contribution >= 0.6 is 0 Å². The molecule has 1 saturated heterocycles. The Hall–Kier alpha value is -4.08. The van der Waals surface area contributed by atoms with E-state index in [-0.39, 0.29) is 29.1 Å². The van der Waals surface area contributed by atoms with Gasteiger partial charge in [-0.05, 0) is 36.2 Å². The Bertz CT molecular complexity index is 1080. The van der Waals surface area contributed by atoms with Gasteiger partial charge < -0.3 is 10.0 Å². The standard InChI is InChI=1S/C21H19N3O7/c1-2-3-12-22-18(13-4-8-15(9-5-13)23(28)29)17(20(26)21(22)27)19(25)14-6-10-16(11-7-14)24(30)31/h4-11,18,25H,2-3,12H2,1H3/t18-/m0/s1. The molecule has 0 aromatic heterocycles. The zero-order chi connectivity index (χ0) is 22.7. The second-order valence-corrected chi connectivity index (χ2v) is 7.00. The Balaban J connectivity index is 2.13. The van der Waals surface area contributed by atoms with Gasteiger partial charge in [0.05, 0.1) is 21.5 Å². The van der Waals surface area contributed by atoms with E-state index in [9.17, 15) is 34.9 Å². The summed E-state index contributed by atoms with van der Waals surface area (Å²) in [6, 6.07) is 9.43. The molecule has 2 aromatic rings. The van der Waals surface area contributed by atoms with Crippen LogP contribution in [0.2, 0.25) is 0 Å². The quantitative estimate of drug-likeness (QED) is 0.234. The highest BCUT2D eigenvalue weighted by molar-refractivity contribution is 6.46. The normalized spacial score (nSPS) is 17.7. The van der Waals surface area contributed by atoms with Crippen LogP contribution in [0.3, 0.4) is 0 Å². The Labute approximate surface area is 176 Å². The molecule has 0 unspecified atom stereocenters. The number of carbonyl (C=O) groups is 2. The lowest BCUT2D eigenvalue weighted by molar-refractivity contribution is -0.385. The minimum atomic E-state index is -0.928. The molecule has 10 heteroatoms. The molecule has 3 rings (SSSR count). The third-order valence-electron chi connectivity index (χ3n) is 5.06.